The van der Waals surface area contributed by atoms with Crippen LogP contribution in [0.15, 0.2) is 28.9 Å². The summed E-state index contributed by atoms with van der Waals surface area (Å²) in [5.41, 5.74) is 3.75. The van der Waals surface area contributed by atoms with E-state index in [0.29, 0.717) is 22.9 Å². The van der Waals surface area contributed by atoms with Gasteiger partial charge >= 0.3 is 0 Å². The first-order valence-corrected chi connectivity index (χ1v) is 9.84. The largest absolute Gasteiger partial charge is 0.321 e. The monoisotopic (exact) mass is 467 g/mol. The van der Waals surface area contributed by atoms with Crippen molar-refractivity contribution in [3.8, 4) is 0 Å². The van der Waals surface area contributed by atoms with Crippen LogP contribution in [-0.4, -0.2) is 25.5 Å². The van der Waals surface area contributed by atoms with E-state index in [4.69, 9.17) is 11.6 Å². The van der Waals surface area contributed by atoms with Gasteiger partial charge in [0.25, 0.3) is 0 Å². The molecule has 1 unspecified atom stereocenters. The van der Waals surface area contributed by atoms with Crippen molar-refractivity contribution in [1.29, 1.82) is 0 Å². The average molecular weight is 469 g/mol. The van der Waals surface area contributed by atoms with Crippen LogP contribution in [0, 0.1) is 26.6 Å². The van der Waals surface area contributed by atoms with Gasteiger partial charge in [0.2, 0.25) is 5.91 Å². The summed E-state index contributed by atoms with van der Waals surface area (Å²) in [6.07, 6.45) is 1.67. The van der Waals surface area contributed by atoms with Crippen LogP contribution in [0.3, 0.4) is 0 Å². The zero-order valence-electron chi connectivity index (χ0n) is 15.9. The van der Waals surface area contributed by atoms with Crippen LogP contribution in [0.2, 0.25) is 5.02 Å². The average Bonchev–Trinajstić information content (AvgIpc) is 3.10. The molecule has 6 nitrogen and oxygen atoms in total. The van der Waals surface area contributed by atoms with Gasteiger partial charge in [-0.2, -0.15) is 10.2 Å². The Labute approximate surface area is 175 Å². The molecule has 9 heteroatoms. The van der Waals surface area contributed by atoms with Gasteiger partial charge in [-0.1, -0.05) is 17.7 Å². The van der Waals surface area contributed by atoms with Gasteiger partial charge in [-0.15, -0.1) is 0 Å². The van der Waals surface area contributed by atoms with Crippen molar-refractivity contribution in [1.82, 2.24) is 19.6 Å². The molecule has 0 aliphatic heterocycles. The number of amides is 1. The fraction of sp³-hybridized carbons (Fsp3) is 0.316. The second kappa shape index (κ2) is 8.05. The van der Waals surface area contributed by atoms with Crippen molar-refractivity contribution in [2.75, 3.05) is 5.32 Å². The van der Waals surface area contributed by atoms with E-state index in [1.165, 1.54) is 12.1 Å². The molecule has 28 heavy (non-hydrogen) atoms. The van der Waals surface area contributed by atoms with Gasteiger partial charge < -0.3 is 5.32 Å². The topological polar surface area (TPSA) is 64.7 Å². The fourth-order valence-electron chi connectivity index (χ4n) is 2.97. The summed E-state index contributed by atoms with van der Waals surface area (Å²) in [4.78, 5) is 12.8. The minimum Gasteiger partial charge on any atom is -0.321 e. The minimum absolute atomic E-state index is 0.190. The van der Waals surface area contributed by atoms with Gasteiger partial charge in [-0.25, -0.2) is 4.39 Å². The number of aromatic nitrogens is 4. The Kier molecular flexibility index (Phi) is 5.90. The first kappa shape index (κ1) is 20.5. The maximum Gasteiger partial charge on any atom is 0.249 e. The SMILES string of the molecule is Cc1nn(Cc2ccc(F)cc2Cl)c(C)c1NC(=O)C(C)n1ncc(Br)c1C. The lowest BCUT2D eigenvalue weighted by atomic mass is 10.2. The predicted octanol–water partition coefficient (Wildman–Crippen LogP) is 4.81. The van der Waals surface area contributed by atoms with E-state index in [-0.39, 0.29) is 11.7 Å². The van der Waals surface area contributed by atoms with Crippen LogP contribution >= 0.6 is 27.5 Å². The second-order valence-electron chi connectivity index (χ2n) is 6.63. The lowest BCUT2D eigenvalue weighted by Crippen LogP contribution is -2.25. The number of halogens is 3. The number of hydrogen-bond donors (Lipinski definition) is 1. The summed E-state index contributed by atoms with van der Waals surface area (Å²) in [7, 11) is 0. The molecule has 1 amide bonds. The molecule has 0 bridgehead atoms. The van der Waals surface area contributed by atoms with Crippen LogP contribution in [-0.2, 0) is 11.3 Å². The van der Waals surface area contributed by atoms with Crippen molar-refractivity contribution in [3.63, 3.8) is 0 Å². The number of carbonyl (C=O) groups is 1. The van der Waals surface area contributed by atoms with Crippen molar-refractivity contribution >= 4 is 39.1 Å². The maximum atomic E-state index is 13.3. The maximum absolute atomic E-state index is 13.3. The van der Waals surface area contributed by atoms with Crippen LogP contribution in [0.25, 0.3) is 0 Å². The molecule has 0 saturated carbocycles. The first-order valence-electron chi connectivity index (χ1n) is 8.67. The van der Waals surface area contributed by atoms with E-state index in [1.807, 2.05) is 20.8 Å². The molecule has 0 aliphatic rings. The fourth-order valence-corrected chi connectivity index (χ4v) is 3.47. The van der Waals surface area contributed by atoms with Crippen LogP contribution in [0.4, 0.5) is 10.1 Å². The van der Waals surface area contributed by atoms with Crippen molar-refractivity contribution in [2.24, 2.45) is 0 Å². The molecule has 2 heterocycles. The number of aryl methyl sites for hydroxylation is 1. The highest BCUT2D eigenvalue weighted by Gasteiger charge is 2.22. The van der Waals surface area contributed by atoms with Gasteiger partial charge in [0.05, 0.1) is 40.0 Å². The van der Waals surface area contributed by atoms with Crippen molar-refractivity contribution < 1.29 is 9.18 Å². The zero-order valence-corrected chi connectivity index (χ0v) is 18.3. The van der Waals surface area contributed by atoms with Crippen molar-refractivity contribution in [2.45, 2.75) is 40.3 Å². The van der Waals surface area contributed by atoms with Gasteiger partial charge in [0.15, 0.2) is 0 Å². The van der Waals surface area contributed by atoms with E-state index >= 15 is 0 Å². The molecule has 1 atom stereocenters. The molecule has 0 spiro atoms. The molecule has 1 aromatic carbocycles. The normalized spacial score (nSPS) is 12.2. The number of hydrogen-bond acceptors (Lipinski definition) is 3. The number of anilines is 1. The summed E-state index contributed by atoms with van der Waals surface area (Å²) in [5, 5.41) is 12.0. The number of rotatable bonds is 5. The molecular formula is C19H20BrClFN5O. The number of nitrogens with zero attached hydrogens (tertiary/aromatic N) is 4. The number of carbonyl (C=O) groups excluding carboxylic acids is 1. The highest BCUT2D eigenvalue weighted by molar-refractivity contribution is 9.10. The van der Waals surface area contributed by atoms with E-state index < -0.39 is 6.04 Å². The highest BCUT2D eigenvalue weighted by atomic mass is 79.9. The summed E-state index contributed by atoms with van der Waals surface area (Å²) < 4.78 is 17.5. The standard InChI is InChI=1S/C19H20BrClFN5O/c1-10-18(24-19(28)13(4)27-11(2)16(20)8-23-27)12(3)26(25-10)9-14-5-6-15(22)7-17(14)21/h5-8,13H,9H2,1-4H3,(H,24,28). The van der Waals surface area contributed by atoms with E-state index in [9.17, 15) is 9.18 Å². The molecule has 0 saturated heterocycles. The highest BCUT2D eigenvalue weighted by Crippen LogP contribution is 2.25. The Hall–Kier alpha value is -2.19. The van der Waals surface area contributed by atoms with E-state index in [1.54, 1.807) is 28.6 Å². The van der Waals surface area contributed by atoms with Crippen molar-refractivity contribution in [3.05, 3.63) is 62.4 Å². The molecular weight excluding hydrogens is 449 g/mol. The van der Waals surface area contributed by atoms with Crippen LogP contribution in [0.1, 0.15) is 35.6 Å². The quantitative estimate of drug-likeness (QED) is 0.584. The Morgan fingerprint density at radius 1 is 1.32 bits per heavy atom. The van der Waals surface area contributed by atoms with Crippen LogP contribution in [0.5, 0.6) is 0 Å². The smallest absolute Gasteiger partial charge is 0.249 e. The van der Waals surface area contributed by atoms with Gasteiger partial charge in [0.1, 0.15) is 11.9 Å². The molecule has 3 rings (SSSR count). The van der Waals surface area contributed by atoms with E-state index in [0.717, 1.165) is 21.4 Å². The van der Waals surface area contributed by atoms with Crippen LogP contribution < -0.4 is 5.32 Å². The number of benzene rings is 1. The minimum atomic E-state index is -0.486. The Morgan fingerprint density at radius 2 is 2.04 bits per heavy atom. The molecule has 148 valence electrons. The molecule has 0 radical (unpaired) electrons. The summed E-state index contributed by atoms with van der Waals surface area (Å²) in [5.74, 6) is -0.575. The second-order valence-corrected chi connectivity index (χ2v) is 7.89. The number of nitrogens with one attached hydrogen (secondary N) is 1. The summed E-state index contributed by atoms with van der Waals surface area (Å²) in [6, 6.07) is 3.78. The lowest BCUT2D eigenvalue weighted by Gasteiger charge is -2.15. The Balaban J connectivity index is 1.81. The molecule has 1 N–H and O–H groups in total. The molecule has 0 fully saturated rings. The molecule has 3 aromatic rings. The Bertz CT molecular complexity index is 1050. The molecule has 2 aromatic heterocycles. The third-order valence-corrected chi connectivity index (χ3v) is 5.83. The van der Waals surface area contributed by atoms with Gasteiger partial charge in [0, 0.05) is 5.02 Å². The lowest BCUT2D eigenvalue weighted by molar-refractivity contribution is -0.119. The van der Waals surface area contributed by atoms with Gasteiger partial charge in [-0.05, 0) is 61.3 Å². The van der Waals surface area contributed by atoms with E-state index in [2.05, 4.69) is 31.4 Å². The predicted molar refractivity (Wildman–Crippen MR) is 110 cm³/mol. The summed E-state index contributed by atoms with van der Waals surface area (Å²) >= 11 is 9.53. The summed E-state index contributed by atoms with van der Waals surface area (Å²) in [6.45, 7) is 7.75. The van der Waals surface area contributed by atoms with Gasteiger partial charge in [-0.3, -0.25) is 14.2 Å². The molecule has 0 aliphatic carbocycles. The third kappa shape index (κ3) is 3.98. The first-order chi connectivity index (χ1) is 13.2. The third-order valence-electron chi connectivity index (χ3n) is 4.70. The Morgan fingerprint density at radius 3 is 2.64 bits per heavy atom. The zero-order chi connectivity index (χ0) is 20.6.